The fraction of sp³-hybridized carbons (Fsp3) is 0.435. The predicted molar refractivity (Wildman–Crippen MR) is 120 cm³/mol. The van der Waals surface area contributed by atoms with Crippen LogP contribution in [-0.2, 0) is 16.0 Å². The summed E-state index contributed by atoms with van der Waals surface area (Å²) >= 11 is 6.49. The van der Waals surface area contributed by atoms with Gasteiger partial charge in [-0.05, 0) is 55.4 Å². The molecule has 30 heavy (non-hydrogen) atoms. The van der Waals surface area contributed by atoms with Gasteiger partial charge >= 0.3 is 0 Å². The van der Waals surface area contributed by atoms with Gasteiger partial charge in [0.05, 0.1) is 5.02 Å². The van der Waals surface area contributed by atoms with Crippen LogP contribution in [0.5, 0.6) is 0 Å². The molecule has 2 heterocycles. The van der Waals surface area contributed by atoms with Crippen molar-refractivity contribution in [3.05, 3.63) is 41.0 Å². The number of anilines is 2. The minimum atomic E-state index is -0.134. The first-order valence-electron chi connectivity index (χ1n) is 10.6. The molecule has 1 aliphatic carbocycles. The second-order valence-electron chi connectivity index (χ2n) is 8.16. The molecule has 0 bridgehead atoms. The molecule has 2 aromatic rings. The van der Waals surface area contributed by atoms with Gasteiger partial charge in [0.15, 0.2) is 0 Å². The van der Waals surface area contributed by atoms with E-state index in [4.69, 9.17) is 11.6 Å². The number of halogens is 1. The Labute approximate surface area is 181 Å². The minimum absolute atomic E-state index is 0.0502. The van der Waals surface area contributed by atoms with E-state index in [0.29, 0.717) is 17.3 Å². The Balaban J connectivity index is 1.53. The molecule has 0 radical (unpaired) electrons. The van der Waals surface area contributed by atoms with Crippen molar-refractivity contribution in [2.45, 2.75) is 51.5 Å². The summed E-state index contributed by atoms with van der Waals surface area (Å²) in [6, 6.07) is 8.09. The number of pyridine rings is 1. The molecule has 2 amide bonds. The van der Waals surface area contributed by atoms with Gasteiger partial charge in [-0.25, -0.2) is 4.98 Å². The number of aromatic nitrogens is 1. The molecule has 6 nitrogen and oxygen atoms in total. The van der Waals surface area contributed by atoms with Crippen molar-refractivity contribution in [1.29, 1.82) is 0 Å². The van der Waals surface area contributed by atoms with Crippen LogP contribution in [0.15, 0.2) is 30.5 Å². The van der Waals surface area contributed by atoms with E-state index in [2.05, 4.69) is 33.1 Å². The minimum Gasteiger partial charge on any atom is -0.385 e. The zero-order valence-electron chi connectivity index (χ0n) is 17.1. The lowest BCUT2D eigenvalue weighted by molar-refractivity contribution is -0.123. The van der Waals surface area contributed by atoms with Crippen molar-refractivity contribution in [3.8, 4) is 11.1 Å². The highest BCUT2D eigenvalue weighted by Gasteiger charge is 2.28. The highest BCUT2D eigenvalue weighted by molar-refractivity contribution is 6.33. The van der Waals surface area contributed by atoms with Crippen molar-refractivity contribution < 1.29 is 9.59 Å². The Morgan fingerprint density at radius 1 is 1.20 bits per heavy atom. The Bertz CT molecular complexity index is 962. The third kappa shape index (κ3) is 4.59. The van der Waals surface area contributed by atoms with Crippen LogP contribution in [0.25, 0.3) is 11.1 Å². The van der Waals surface area contributed by atoms with E-state index in [1.54, 1.807) is 6.20 Å². The molecule has 2 atom stereocenters. The van der Waals surface area contributed by atoms with E-state index in [0.717, 1.165) is 55.5 Å². The molecule has 1 aliphatic heterocycles. The van der Waals surface area contributed by atoms with Crippen LogP contribution in [0.2, 0.25) is 5.02 Å². The van der Waals surface area contributed by atoms with Crippen LogP contribution in [0, 0.1) is 5.92 Å². The van der Waals surface area contributed by atoms with Gasteiger partial charge in [-0.2, -0.15) is 0 Å². The van der Waals surface area contributed by atoms with Gasteiger partial charge in [0.25, 0.3) is 0 Å². The summed E-state index contributed by atoms with van der Waals surface area (Å²) in [5, 5.41) is 9.91. The Morgan fingerprint density at radius 3 is 2.90 bits per heavy atom. The van der Waals surface area contributed by atoms with Crippen LogP contribution >= 0.6 is 11.6 Å². The summed E-state index contributed by atoms with van der Waals surface area (Å²) in [6.45, 7) is 2.49. The average molecular weight is 427 g/mol. The molecule has 2 aliphatic rings. The number of carbonyl (C=O) groups excluding carboxylic acids is 2. The maximum absolute atomic E-state index is 12.9. The molecule has 158 valence electrons. The normalized spacial score (nSPS) is 20.6. The number of nitrogens with one attached hydrogen (secondary N) is 3. The SMILES string of the molecule is CC(=O)N[C@@H]1CCC[C@H](C(=O)Nc2cc(-c3cccc4c3CCCN4)c(Cl)cn2)C1. The van der Waals surface area contributed by atoms with Crippen molar-refractivity contribution in [3.63, 3.8) is 0 Å². The molecular formula is C23H27ClN4O2. The van der Waals surface area contributed by atoms with Gasteiger partial charge < -0.3 is 16.0 Å². The molecule has 0 unspecified atom stereocenters. The topological polar surface area (TPSA) is 83.1 Å². The summed E-state index contributed by atoms with van der Waals surface area (Å²) in [6.07, 6.45) is 6.98. The predicted octanol–water partition coefficient (Wildman–Crippen LogP) is 4.39. The maximum Gasteiger partial charge on any atom is 0.228 e. The van der Waals surface area contributed by atoms with Crippen LogP contribution in [0.1, 0.15) is 44.6 Å². The van der Waals surface area contributed by atoms with Gasteiger partial charge in [-0.3, -0.25) is 9.59 Å². The van der Waals surface area contributed by atoms with Crippen LogP contribution in [0.4, 0.5) is 11.5 Å². The highest BCUT2D eigenvalue weighted by atomic mass is 35.5. The number of amides is 2. The van der Waals surface area contributed by atoms with Crippen LogP contribution in [0.3, 0.4) is 0 Å². The monoisotopic (exact) mass is 426 g/mol. The molecule has 1 aromatic heterocycles. The molecular weight excluding hydrogens is 400 g/mol. The summed E-state index contributed by atoms with van der Waals surface area (Å²) in [4.78, 5) is 28.5. The first-order valence-corrected chi connectivity index (χ1v) is 11.0. The van der Waals surface area contributed by atoms with Crippen molar-refractivity contribution >= 4 is 34.9 Å². The Morgan fingerprint density at radius 2 is 2.07 bits per heavy atom. The molecule has 3 N–H and O–H groups in total. The lowest BCUT2D eigenvalue weighted by Crippen LogP contribution is -2.40. The molecule has 1 fully saturated rings. The van der Waals surface area contributed by atoms with Gasteiger partial charge in [0, 0.05) is 42.9 Å². The first-order chi connectivity index (χ1) is 14.5. The number of hydrogen-bond acceptors (Lipinski definition) is 4. The maximum atomic E-state index is 12.9. The van der Waals surface area contributed by atoms with Crippen molar-refractivity contribution in [1.82, 2.24) is 10.3 Å². The Kier molecular flexibility index (Phi) is 6.23. The number of fused-ring (bicyclic) bond motifs is 1. The van der Waals surface area contributed by atoms with Crippen molar-refractivity contribution in [2.24, 2.45) is 5.92 Å². The second-order valence-corrected chi connectivity index (χ2v) is 8.57. The lowest BCUT2D eigenvalue weighted by Gasteiger charge is -2.28. The number of hydrogen-bond donors (Lipinski definition) is 3. The number of nitrogens with zero attached hydrogens (tertiary/aromatic N) is 1. The van der Waals surface area contributed by atoms with Crippen LogP contribution in [-0.4, -0.2) is 29.4 Å². The number of carbonyl (C=O) groups is 2. The molecule has 0 spiro atoms. The van der Waals surface area contributed by atoms with Gasteiger partial charge in [0.1, 0.15) is 5.82 Å². The van der Waals surface area contributed by atoms with Gasteiger partial charge in [-0.15, -0.1) is 0 Å². The third-order valence-electron chi connectivity index (χ3n) is 5.94. The first kappa shape index (κ1) is 20.7. The number of rotatable bonds is 4. The van der Waals surface area contributed by atoms with Crippen LogP contribution < -0.4 is 16.0 Å². The zero-order valence-corrected chi connectivity index (χ0v) is 17.9. The van der Waals surface area contributed by atoms with Gasteiger partial charge in [-0.1, -0.05) is 30.2 Å². The largest absolute Gasteiger partial charge is 0.385 e. The van der Waals surface area contributed by atoms with E-state index in [1.165, 1.54) is 12.5 Å². The van der Waals surface area contributed by atoms with E-state index in [9.17, 15) is 9.59 Å². The summed E-state index contributed by atoms with van der Waals surface area (Å²) in [7, 11) is 0. The fourth-order valence-corrected chi connectivity index (χ4v) is 4.76. The number of benzene rings is 1. The van der Waals surface area contributed by atoms with E-state index >= 15 is 0 Å². The summed E-state index contributed by atoms with van der Waals surface area (Å²) < 4.78 is 0. The zero-order chi connectivity index (χ0) is 21.1. The Hall–Kier alpha value is -2.60. The summed E-state index contributed by atoms with van der Waals surface area (Å²) in [5.74, 6) is 0.265. The smallest absolute Gasteiger partial charge is 0.228 e. The van der Waals surface area contributed by atoms with E-state index in [-0.39, 0.29) is 23.8 Å². The lowest BCUT2D eigenvalue weighted by atomic mass is 9.85. The average Bonchev–Trinajstić information content (AvgIpc) is 2.74. The van der Waals surface area contributed by atoms with Crippen molar-refractivity contribution in [2.75, 3.05) is 17.2 Å². The summed E-state index contributed by atoms with van der Waals surface area (Å²) in [5.41, 5.74) is 4.34. The quantitative estimate of drug-likeness (QED) is 0.676. The third-order valence-corrected chi connectivity index (χ3v) is 6.25. The molecule has 1 aromatic carbocycles. The highest BCUT2D eigenvalue weighted by Crippen LogP contribution is 2.37. The molecule has 0 saturated heterocycles. The van der Waals surface area contributed by atoms with E-state index < -0.39 is 0 Å². The fourth-order valence-electron chi connectivity index (χ4n) is 4.55. The molecule has 7 heteroatoms. The van der Waals surface area contributed by atoms with E-state index in [1.807, 2.05) is 12.1 Å². The molecule has 1 saturated carbocycles. The standard InChI is InChI=1S/C23H27ClN4O2/c1-14(29)27-16-6-2-5-15(11-16)23(30)28-22-12-19(20(24)13-26-22)17-7-3-9-21-18(17)8-4-10-25-21/h3,7,9,12-13,15-16,25H,2,4-6,8,10-11H2,1H3,(H,27,29)(H,26,28,30)/t15-,16+/m0/s1. The van der Waals surface area contributed by atoms with Gasteiger partial charge in [0.2, 0.25) is 11.8 Å². The molecule has 4 rings (SSSR count). The second kappa shape index (κ2) is 9.04.